The lowest BCUT2D eigenvalue weighted by atomic mass is 9.91. The van der Waals surface area contributed by atoms with Gasteiger partial charge < -0.3 is 15.3 Å². The molecule has 1 atom stereocenters. The molecule has 2 heterocycles. The van der Waals surface area contributed by atoms with Crippen LogP contribution in [0.15, 0.2) is 30.7 Å². The zero-order valence-electron chi connectivity index (χ0n) is 11.8. The molecule has 1 unspecified atom stereocenters. The fourth-order valence-corrected chi connectivity index (χ4v) is 3.37. The van der Waals surface area contributed by atoms with Crippen molar-refractivity contribution in [1.82, 2.24) is 20.3 Å². The summed E-state index contributed by atoms with van der Waals surface area (Å²) in [6, 6.07) is 5.84. The van der Waals surface area contributed by atoms with Gasteiger partial charge in [0.05, 0.1) is 12.4 Å². The number of rotatable bonds is 2. The lowest BCUT2D eigenvalue weighted by molar-refractivity contribution is 0.0927. The molecule has 1 aliphatic carbocycles. The topological polar surface area (TPSA) is 73.6 Å². The maximum atomic E-state index is 12.2. The minimum atomic E-state index is -0.157. The van der Waals surface area contributed by atoms with Crippen molar-refractivity contribution in [2.45, 2.75) is 25.3 Å². The van der Waals surface area contributed by atoms with Crippen LogP contribution in [0.5, 0.6) is 0 Å². The summed E-state index contributed by atoms with van der Waals surface area (Å²) in [7, 11) is 0. The van der Waals surface area contributed by atoms with Gasteiger partial charge in [0.1, 0.15) is 5.69 Å². The molecule has 3 N–H and O–H groups in total. The third-order valence-corrected chi connectivity index (χ3v) is 4.44. The molecule has 22 heavy (non-hydrogen) atoms. The second kappa shape index (κ2) is 5.18. The summed E-state index contributed by atoms with van der Waals surface area (Å²) in [5.74, 6) is -0.157. The van der Waals surface area contributed by atoms with E-state index in [4.69, 9.17) is 11.6 Å². The number of hydrogen-bond acceptors (Lipinski definition) is 2. The summed E-state index contributed by atoms with van der Waals surface area (Å²) in [5, 5.41) is 4.95. The number of aromatic amines is 2. The summed E-state index contributed by atoms with van der Waals surface area (Å²) in [6.45, 7) is 0. The number of benzene rings is 1. The van der Waals surface area contributed by atoms with Crippen LogP contribution in [0, 0.1) is 0 Å². The Kier molecular flexibility index (Phi) is 3.15. The van der Waals surface area contributed by atoms with Crippen LogP contribution < -0.4 is 5.32 Å². The van der Waals surface area contributed by atoms with Crippen molar-refractivity contribution in [3.63, 3.8) is 0 Å². The van der Waals surface area contributed by atoms with Crippen molar-refractivity contribution < 1.29 is 4.79 Å². The van der Waals surface area contributed by atoms with Gasteiger partial charge in [-0.2, -0.15) is 0 Å². The second-order valence-corrected chi connectivity index (χ2v) is 6.02. The Labute approximate surface area is 132 Å². The molecule has 4 rings (SSSR count). The lowest BCUT2D eigenvalue weighted by Crippen LogP contribution is -2.31. The van der Waals surface area contributed by atoms with Gasteiger partial charge in [-0.25, -0.2) is 4.98 Å². The van der Waals surface area contributed by atoms with Gasteiger partial charge in [0.15, 0.2) is 0 Å². The van der Waals surface area contributed by atoms with Crippen molar-refractivity contribution in [2.75, 3.05) is 0 Å². The summed E-state index contributed by atoms with van der Waals surface area (Å²) in [4.78, 5) is 22.5. The van der Waals surface area contributed by atoms with E-state index in [0.717, 1.165) is 40.9 Å². The molecule has 1 aromatic carbocycles. The second-order valence-electron chi connectivity index (χ2n) is 5.58. The van der Waals surface area contributed by atoms with Crippen LogP contribution in [-0.2, 0) is 6.42 Å². The van der Waals surface area contributed by atoms with Crippen LogP contribution in [0.4, 0.5) is 0 Å². The largest absolute Gasteiger partial charge is 0.356 e. The average Bonchev–Trinajstić information content (AvgIpc) is 3.15. The van der Waals surface area contributed by atoms with Crippen LogP contribution in [0.3, 0.4) is 0 Å². The number of hydrogen-bond donors (Lipinski definition) is 3. The van der Waals surface area contributed by atoms with E-state index < -0.39 is 0 Å². The van der Waals surface area contributed by atoms with Crippen molar-refractivity contribution >= 4 is 28.4 Å². The Morgan fingerprint density at radius 2 is 2.32 bits per heavy atom. The fourth-order valence-electron chi connectivity index (χ4n) is 3.20. The highest BCUT2D eigenvalue weighted by atomic mass is 35.5. The van der Waals surface area contributed by atoms with E-state index in [1.54, 1.807) is 6.20 Å². The number of aromatic nitrogens is 3. The average molecular weight is 315 g/mol. The molecule has 2 aromatic heterocycles. The third kappa shape index (κ3) is 2.18. The minimum absolute atomic E-state index is 0.0147. The fraction of sp³-hybridized carbons (Fsp3) is 0.250. The number of halogens is 1. The van der Waals surface area contributed by atoms with Gasteiger partial charge in [-0.05, 0) is 43.0 Å². The van der Waals surface area contributed by atoms with Gasteiger partial charge in [0.2, 0.25) is 0 Å². The predicted molar refractivity (Wildman–Crippen MR) is 85.0 cm³/mol. The molecule has 0 saturated heterocycles. The first-order valence-corrected chi connectivity index (χ1v) is 7.70. The molecule has 0 spiro atoms. The van der Waals surface area contributed by atoms with E-state index >= 15 is 0 Å². The van der Waals surface area contributed by atoms with E-state index in [0.29, 0.717) is 5.69 Å². The van der Waals surface area contributed by atoms with Crippen LogP contribution in [0.1, 0.15) is 40.6 Å². The van der Waals surface area contributed by atoms with Crippen LogP contribution >= 0.6 is 11.6 Å². The molecular weight excluding hydrogens is 300 g/mol. The van der Waals surface area contributed by atoms with Crippen molar-refractivity contribution in [1.29, 1.82) is 0 Å². The highest BCUT2D eigenvalue weighted by Gasteiger charge is 2.26. The van der Waals surface area contributed by atoms with E-state index in [1.807, 2.05) is 18.2 Å². The molecule has 1 aliphatic rings. The Morgan fingerprint density at radius 3 is 3.14 bits per heavy atom. The zero-order valence-corrected chi connectivity index (χ0v) is 12.6. The Bertz CT molecular complexity index is 837. The quantitative estimate of drug-likeness (QED) is 0.678. The number of amides is 1. The molecule has 3 aromatic rings. The summed E-state index contributed by atoms with van der Waals surface area (Å²) in [5.41, 5.74) is 3.82. The van der Waals surface area contributed by atoms with Gasteiger partial charge in [-0.15, -0.1) is 0 Å². The van der Waals surface area contributed by atoms with Crippen molar-refractivity contribution in [2.24, 2.45) is 0 Å². The maximum Gasteiger partial charge on any atom is 0.271 e. The zero-order chi connectivity index (χ0) is 15.1. The molecular formula is C16H15ClN4O. The molecule has 112 valence electrons. The van der Waals surface area contributed by atoms with Gasteiger partial charge >= 0.3 is 0 Å². The van der Waals surface area contributed by atoms with E-state index in [9.17, 15) is 4.79 Å². The van der Waals surface area contributed by atoms with Crippen LogP contribution in [-0.4, -0.2) is 20.9 Å². The number of nitrogens with zero attached hydrogens (tertiary/aromatic N) is 1. The molecule has 0 saturated carbocycles. The standard InChI is InChI=1S/C16H15ClN4O/c17-9-4-5-12-11(6-9)10-2-1-3-13(15(10)20-12)21-16(22)14-7-18-8-19-14/h4-8,13,20H,1-3H2,(H,18,19)(H,21,22). The number of aryl methyl sites for hydroxylation is 1. The highest BCUT2D eigenvalue weighted by Crippen LogP contribution is 2.35. The highest BCUT2D eigenvalue weighted by molar-refractivity contribution is 6.31. The third-order valence-electron chi connectivity index (χ3n) is 4.21. The number of carbonyl (C=O) groups excluding carboxylic acids is 1. The van der Waals surface area contributed by atoms with Crippen molar-refractivity contribution in [3.05, 3.63) is 52.7 Å². The Hall–Kier alpha value is -2.27. The first-order chi connectivity index (χ1) is 10.7. The number of carbonyl (C=O) groups is 1. The number of H-pyrrole nitrogens is 2. The SMILES string of the molecule is O=C(NC1CCCc2c1[nH]c1ccc(Cl)cc21)c1c[nH]cn1. The Balaban J connectivity index is 1.70. The predicted octanol–water partition coefficient (Wildman–Crippen LogP) is 3.35. The van der Waals surface area contributed by atoms with Crippen LogP contribution in [0.2, 0.25) is 5.02 Å². The first-order valence-electron chi connectivity index (χ1n) is 7.32. The maximum absolute atomic E-state index is 12.2. The number of nitrogens with one attached hydrogen (secondary N) is 3. The summed E-state index contributed by atoms with van der Waals surface area (Å²) < 4.78 is 0. The smallest absolute Gasteiger partial charge is 0.271 e. The lowest BCUT2D eigenvalue weighted by Gasteiger charge is -2.23. The minimum Gasteiger partial charge on any atom is -0.356 e. The Morgan fingerprint density at radius 1 is 1.41 bits per heavy atom. The molecule has 0 bridgehead atoms. The first kappa shape index (κ1) is 13.4. The number of fused-ring (bicyclic) bond motifs is 3. The van der Waals surface area contributed by atoms with Crippen molar-refractivity contribution in [3.8, 4) is 0 Å². The molecule has 0 radical (unpaired) electrons. The van der Waals surface area contributed by atoms with E-state index in [-0.39, 0.29) is 11.9 Å². The monoisotopic (exact) mass is 314 g/mol. The van der Waals surface area contributed by atoms with Gasteiger partial charge in [0, 0.05) is 27.8 Å². The molecule has 6 heteroatoms. The summed E-state index contributed by atoms with van der Waals surface area (Å²) >= 11 is 6.11. The van der Waals surface area contributed by atoms with Gasteiger partial charge in [-0.3, -0.25) is 4.79 Å². The van der Waals surface area contributed by atoms with Gasteiger partial charge in [0.25, 0.3) is 5.91 Å². The molecule has 0 aliphatic heterocycles. The normalized spacial score (nSPS) is 17.4. The van der Waals surface area contributed by atoms with Crippen LogP contribution in [0.25, 0.3) is 10.9 Å². The van der Waals surface area contributed by atoms with E-state index in [2.05, 4.69) is 20.3 Å². The number of imidazole rings is 1. The molecule has 0 fully saturated rings. The molecule has 1 amide bonds. The van der Waals surface area contributed by atoms with Gasteiger partial charge in [-0.1, -0.05) is 11.6 Å². The summed E-state index contributed by atoms with van der Waals surface area (Å²) in [6.07, 6.45) is 6.07. The molecule has 5 nitrogen and oxygen atoms in total. The van der Waals surface area contributed by atoms with E-state index in [1.165, 1.54) is 11.9 Å².